The van der Waals surface area contributed by atoms with Crippen LogP contribution in [0, 0.1) is 5.82 Å². The van der Waals surface area contributed by atoms with Crippen LogP contribution < -0.4 is 10.1 Å². The van der Waals surface area contributed by atoms with Gasteiger partial charge in [0.2, 0.25) is 5.91 Å². The molecule has 1 aliphatic carbocycles. The maximum atomic E-state index is 15.8. The number of benzene rings is 4. The predicted octanol–water partition coefficient (Wildman–Crippen LogP) is 8.90. The van der Waals surface area contributed by atoms with Gasteiger partial charge in [0, 0.05) is 29.7 Å². The van der Waals surface area contributed by atoms with Crippen LogP contribution in [0.5, 0.6) is 5.75 Å². The number of rotatable bonds is 8. The van der Waals surface area contributed by atoms with E-state index in [2.05, 4.69) is 9.88 Å². The van der Waals surface area contributed by atoms with Crippen molar-refractivity contribution in [2.24, 2.45) is 0 Å². The van der Waals surface area contributed by atoms with E-state index in [0.29, 0.717) is 33.4 Å². The Morgan fingerprint density at radius 1 is 0.977 bits per heavy atom. The first kappa shape index (κ1) is 29.4. The molecular weight excluding hydrogens is 581 g/mol. The molecule has 0 spiro atoms. The van der Waals surface area contributed by atoms with Crippen molar-refractivity contribution in [2.75, 3.05) is 5.32 Å². The maximum Gasteiger partial charge on any atom is 0.335 e. The number of carbonyl (C=O) groups excluding carboxylic acids is 1. The molecule has 5 aromatic rings. The fraction of sp³-hybridized carbons (Fsp3) is 0.229. The van der Waals surface area contributed by atoms with Gasteiger partial charge in [0.05, 0.1) is 22.2 Å². The summed E-state index contributed by atoms with van der Waals surface area (Å²) >= 11 is 6.09. The predicted molar refractivity (Wildman–Crippen MR) is 170 cm³/mol. The minimum absolute atomic E-state index is 0.128. The molecule has 1 heterocycles. The van der Waals surface area contributed by atoms with Gasteiger partial charge in [-0.05, 0) is 84.1 Å². The van der Waals surface area contributed by atoms with Gasteiger partial charge in [-0.15, -0.1) is 0 Å². The number of hydrogen-bond acceptors (Lipinski definition) is 4. The maximum absolute atomic E-state index is 15.8. The number of aromatic nitrogens is 2. The first-order valence-electron chi connectivity index (χ1n) is 14.6. The molecule has 0 atom stereocenters. The van der Waals surface area contributed by atoms with Crippen molar-refractivity contribution in [3.63, 3.8) is 0 Å². The van der Waals surface area contributed by atoms with Crippen molar-refractivity contribution in [2.45, 2.75) is 51.7 Å². The van der Waals surface area contributed by atoms with Crippen molar-refractivity contribution >= 4 is 40.2 Å². The van der Waals surface area contributed by atoms with E-state index in [1.54, 1.807) is 42.5 Å². The Balaban J connectivity index is 1.32. The summed E-state index contributed by atoms with van der Waals surface area (Å²) in [5.74, 6) is -0.890. The summed E-state index contributed by atoms with van der Waals surface area (Å²) in [5.41, 5.74) is 5.04. The molecule has 44 heavy (non-hydrogen) atoms. The van der Waals surface area contributed by atoms with Gasteiger partial charge < -0.3 is 19.7 Å². The van der Waals surface area contributed by atoms with Gasteiger partial charge in [-0.25, -0.2) is 14.2 Å². The van der Waals surface area contributed by atoms with E-state index >= 15 is 4.39 Å². The molecule has 0 bridgehead atoms. The smallest absolute Gasteiger partial charge is 0.335 e. The van der Waals surface area contributed by atoms with E-state index in [1.807, 2.05) is 30.3 Å². The minimum atomic E-state index is -1.03. The van der Waals surface area contributed by atoms with E-state index in [4.69, 9.17) is 21.3 Å². The highest BCUT2D eigenvalue weighted by Crippen LogP contribution is 2.38. The average Bonchev–Trinajstić information content (AvgIpc) is 3.39. The molecule has 0 radical (unpaired) electrons. The lowest BCUT2D eigenvalue weighted by Crippen LogP contribution is -2.14. The second kappa shape index (κ2) is 12.5. The Hall–Kier alpha value is -4.69. The molecule has 0 aliphatic heterocycles. The fourth-order valence-electron chi connectivity index (χ4n) is 5.96. The summed E-state index contributed by atoms with van der Waals surface area (Å²) in [4.78, 5) is 28.0. The van der Waals surface area contributed by atoms with Gasteiger partial charge >= 0.3 is 5.97 Å². The quantitative estimate of drug-likeness (QED) is 0.183. The number of halogens is 2. The first-order valence-corrected chi connectivity index (χ1v) is 15.0. The Morgan fingerprint density at radius 3 is 2.43 bits per heavy atom. The highest BCUT2D eigenvalue weighted by molar-refractivity contribution is 6.30. The zero-order valence-corrected chi connectivity index (χ0v) is 24.9. The monoisotopic (exact) mass is 611 g/mol. The van der Waals surface area contributed by atoms with Crippen LogP contribution in [0.25, 0.3) is 33.5 Å². The summed E-state index contributed by atoms with van der Waals surface area (Å²) in [5, 5.41) is 12.9. The van der Waals surface area contributed by atoms with Crippen LogP contribution in [0.4, 0.5) is 10.1 Å². The summed E-state index contributed by atoms with van der Waals surface area (Å²) in [6.45, 7) is 1.57. The van der Waals surface area contributed by atoms with E-state index in [1.165, 1.54) is 13.0 Å². The third kappa shape index (κ3) is 6.17. The third-order valence-corrected chi connectivity index (χ3v) is 8.28. The van der Waals surface area contributed by atoms with Gasteiger partial charge in [0.15, 0.2) is 0 Å². The SMILES string of the molecule is CC(=O)Nc1ccc(-c2ccc(Cl)cc2)c(COc2ccc(-c3nc4cc(C(=O)O)ccc4n3C3CCCCC3)c(F)c2)c1. The minimum Gasteiger partial charge on any atom is -0.489 e. The Morgan fingerprint density at radius 2 is 1.73 bits per heavy atom. The highest BCUT2D eigenvalue weighted by atomic mass is 35.5. The van der Waals surface area contributed by atoms with Crippen molar-refractivity contribution < 1.29 is 23.8 Å². The third-order valence-electron chi connectivity index (χ3n) is 8.03. The molecule has 0 unspecified atom stereocenters. The summed E-state index contributed by atoms with van der Waals surface area (Å²) in [7, 11) is 0. The lowest BCUT2D eigenvalue weighted by molar-refractivity contribution is -0.114. The molecule has 4 aromatic carbocycles. The molecule has 9 heteroatoms. The van der Waals surface area contributed by atoms with Crippen LogP contribution in [0.2, 0.25) is 5.02 Å². The van der Waals surface area contributed by atoms with Crippen LogP contribution in [-0.4, -0.2) is 26.5 Å². The topological polar surface area (TPSA) is 93.4 Å². The first-order chi connectivity index (χ1) is 21.3. The lowest BCUT2D eigenvalue weighted by Gasteiger charge is -2.25. The molecule has 1 fully saturated rings. The molecule has 1 amide bonds. The van der Waals surface area contributed by atoms with E-state index < -0.39 is 11.8 Å². The van der Waals surface area contributed by atoms with Crippen LogP contribution in [0.15, 0.2) is 78.9 Å². The normalized spacial score (nSPS) is 13.6. The number of hydrogen-bond donors (Lipinski definition) is 2. The Bertz CT molecular complexity index is 1860. The van der Waals surface area contributed by atoms with E-state index in [0.717, 1.165) is 54.3 Å². The zero-order chi connectivity index (χ0) is 30.8. The van der Waals surface area contributed by atoms with Crippen LogP contribution >= 0.6 is 11.6 Å². The molecule has 224 valence electrons. The van der Waals surface area contributed by atoms with Crippen LogP contribution in [0.3, 0.4) is 0 Å². The highest BCUT2D eigenvalue weighted by Gasteiger charge is 2.24. The number of carbonyl (C=O) groups is 2. The van der Waals surface area contributed by atoms with Crippen LogP contribution in [0.1, 0.15) is 61.0 Å². The molecular formula is C35H31ClFN3O4. The average molecular weight is 612 g/mol. The number of anilines is 1. The number of aromatic carboxylic acids is 1. The number of nitrogens with zero attached hydrogens (tertiary/aromatic N) is 2. The molecule has 6 rings (SSSR count). The van der Waals surface area contributed by atoms with Gasteiger partial charge in [-0.1, -0.05) is 49.1 Å². The molecule has 2 N–H and O–H groups in total. The summed E-state index contributed by atoms with van der Waals surface area (Å²) < 4.78 is 24.0. The molecule has 1 aromatic heterocycles. The van der Waals surface area contributed by atoms with Gasteiger partial charge in [-0.2, -0.15) is 0 Å². The van der Waals surface area contributed by atoms with E-state index in [9.17, 15) is 14.7 Å². The van der Waals surface area contributed by atoms with Gasteiger partial charge in [0.25, 0.3) is 0 Å². The lowest BCUT2D eigenvalue weighted by atomic mass is 9.94. The van der Waals surface area contributed by atoms with Crippen molar-refractivity contribution in [1.29, 1.82) is 0 Å². The number of fused-ring (bicyclic) bond motifs is 1. The van der Waals surface area contributed by atoms with Crippen molar-refractivity contribution in [3.8, 4) is 28.3 Å². The van der Waals surface area contributed by atoms with Gasteiger partial charge in [-0.3, -0.25) is 4.79 Å². The fourth-order valence-corrected chi connectivity index (χ4v) is 6.09. The number of amides is 1. The number of nitrogens with one attached hydrogen (secondary N) is 1. The largest absolute Gasteiger partial charge is 0.489 e. The zero-order valence-electron chi connectivity index (χ0n) is 24.1. The Kier molecular flexibility index (Phi) is 8.35. The molecule has 0 saturated heterocycles. The second-order valence-corrected chi connectivity index (χ2v) is 11.5. The number of carboxylic acid groups (broad SMARTS) is 1. The number of imidazole rings is 1. The second-order valence-electron chi connectivity index (χ2n) is 11.1. The number of carboxylic acids is 1. The van der Waals surface area contributed by atoms with Gasteiger partial charge in [0.1, 0.15) is 24.0 Å². The standard InChI is InChI=1S/C35H31ClFN3O4/c1-21(41)38-26-12-14-29(22-7-10-25(36)11-8-22)24(17-26)20-44-28-13-15-30(31(37)19-28)34-39-32-18-23(35(42)43)9-16-33(32)40(34)27-5-3-2-4-6-27/h7-19,27H,2-6,20H2,1H3,(H,38,41)(H,42,43). The van der Waals surface area contributed by atoms with Crippen LogP contribution in [-0.2, 0) is 11.4 Å². The summed E-state index contributed by atoms with van der Waals surface area (Å²) in [6, 6.07) is 22.8. The summed E-state index contributed by atoms with van der Waals surface area (Å²) in [6.07, 6.45) is 5.22. The number of ether oxygens (including phenoxy) is 1. The Labute approximate surface area is 259 Å². The molecule has 1 aliphatic rings. The van der Waals surface area contributed by atoms with Crippen molar-refractivity contribution in [1.82, 2.24) is 9.55 Å². The van der Waals surface area contributed by atoms with Crippen molar-refractivity contribution in [3.05, 3.63) is 101 Å². The van der Waals surface area contributed by atoms with E-state index in [-0.39, 0.29) is 24.1 Å². The molecule has 7 nitrogen and oxygen atoms in total. The molecule has 1 saturated carbocycles.